The lowest BCUT2D eigenvalue weighted by Crippen LogP contribution is -1.94. The molecule has 0 spiro atoms. The van der Waals surface area contributed by atoms with Crippen molar-refractivity contribution in [3.63, 3.8) is 0 Å². The van der Waals surface area contributed by atoms with E-state index in [4.69, 9.17) is 51.1 Å². The van der Waals surface area contributed by atoms with Gasteiger partial charge in [-0.15, -0.1) is 0 Å². The highest BCUT2D eigenvalue weighted by molar-refractivity contribution is 6.42. The van der Waals surface area contributed by atoms with Gasteiger partial charge in [0.05, 0.1) is 33.3 Å². The summed E-state index contributed by atoms with van der Waals surface area (Å²) in [5, 5.41) is 2.12. The largest absolute Gasteiger partial charge is 0.372 e. The first-order valence-corrected chi connectivity index (χ1v) is 7.03. The number of benzene rings is 2. The normalized spacial score (nSPS) is 10.7. The molecule has 0 saturated carbocycles. The van der Waals surface area contributed by atoms with Crippen LogP contribution in [0.5, 0.6) is 0 Å². The maximum absolute atomic E-state index is 5.93. The van der Waals surface area contributed by atoms with Crippen molar-refractivity contribution >= 4 is 46.4 Å². The van der Waals surface area contributed by atoms with E-state index in [9.17, 15) is 0 Å². The minimum absolute atomic E-state index is 0.455. The van der Waals surface area contributed by atoms with Crippen LogP contribution >= 0.6 is 46.4 Å². The summed E-state index contributed by atoms with van der Waals surface area (Å²) in [5.74, 6) is 0. The maximum Gasteiger partial charge on any atom is 0.0722 e. The number of hydrogen-bond acceptors (Lipinski definition) is 1. The van der Waals surface area contributed by atoms with Crippen molar-refractivity contribution in [3.05, 3.63) is 67.6 Å². The summed E-state index contributed by atoms with van der Waals surface area (Å²) in [6, 6.07) is 10.8. The summed E-state index contributed by atoms with van der Waals surface area (Å²) in [6.45, 7) is 0.911. The number of halogens is 4. The summed E-state index contributed by atoms with van der Waals surface area (Å²) in [6.07, 6.45) is 0. The van der Waals surface area contributed by atoms with Crippen molar-refractivity contribution in [2.24, 2.45) is 0 Å². The Morgan fingerprint density at radius 1 is 0.632 bits per heavy atom. The molecule has 2 aromatic rings. The van der Waals surface area contributed by atoms with Crippen molar-refractivity contribution < 1.29 is 4.74 Å². The van der Waals surface area contributed by atoms with Crippen LogP contribution in [0.4, 0.5) is 0 Å². The highest BCUT2D eigenvalue weighted by atomic mass is 35.5. The Labute approximate surface area is 132 Å². The molecule has 2 rings (SSSR count). The van der Waals surface area contributed by atoms with Crippen molar-refractivity contribution in [1.29, 1.82) is 0 Å². The highest BCUT2D eigenvalue weighted by Crippen LogP contribution is 2.24. The van der Waals surface area contributed by atoms with Gasteiger partial charge >= 0.3 is 0 Å². The fraction of sp³-hybridized carbons (Fsp3) is 0.143. The molecular formula is C14H10Cl4O. The van der Waals surface area contributed by atoms with E-state index in [0.717, 1.165) is 11.1 Å². The van der Waals surface area contributed by atoms with E-state index in [1.807, 2.05) is 12.1 Å². The fourth-order valence-electron chi connectivity index (χ4n) is 1.55. The van der Waals surface area contributed by atoms with E-state index < -0.39 is 0 Å². The molecule has 0 fully saturated rings. The quantitative estimate of drug-likeness (QED) is 0.664. The summed E-state index contributed by atoms with van der Waals surface area (Å²) in [5.41, 5.74) is 1.93. The second kappa shape index (κ2) is 6.83. The first kappa shape index (κ1) is 15.0. The predicted octanol–water partition coefficient (Wildman–Crippen LogP) is 6.02. The minimum atomic E-state index is 0.455. The lowest BCUT2D eigenvalue weighted by Gasteiger charge is -2.06. The Bertz CT molecular complexity index is 532. The van der Waals surface area contributed by atoms with Gasteiger partial charge in [-0.05, 0) is 35.4 Å². The topological polar surface area (TPSA) is 9.23 Å². The molecule has 0 saturated heterocycles. The molecule has 0 aliphatic heterocycles. The Balaban J connectivity index is 1.92. The Morgan fingerprint density at radius 3 is 1.42 bits per heavy atom. The average molecular weight is 336 g/mol. The molecule has 5 heteroatoms. The molecule has 0 N–H and O–H groups in total. The summed E-state index contributed by atoms with van der Waals surface area (Å²) in [7, 11) is 0. The van der Waals surface area contributed by atoms with Gasteiger partial charge in [0.15, 0.2) is 0 Å². The fourth-order valence-corrected chi connectivity index (χ4v) is 2.19. The lowest BCUT2D eigenvalue weighted by atomic mass is 10.2. The number of hydrogen-bond donors (Lipinski definition) is 0. The molecule has 0 atom stereocenters. The first-order valence-electron chi connectivity index (χ1n) is 5.52. The number of rotatable bonds is 4. The molecule has 0 unspecified atom stereocenters. The van der Waals surface area contributed by atoms with Gasteiger partial charge in [-0.3, -0.25) is 0 Å². The Hall–Kier alpha value is -0.440. The van der Waals surface area contributed by atoms with Crippen molar-refractivity contribution in [2.75, 3.05) is 0 Å². The molecular weight excluding hydrogens is 326 g/mol. The van der Waals surface area contributed by atoms with Crippen LogP contribution in [0.2, 0.25) is 20.1 Å². The Morgan fingerprint density at radius 2 is 1.05 bits per heavy atom. The second-order valence-electron chi connectivity index (χ2n) is 3.99. The molecule has 1 nitrogen and oxygen atoms in total. The molecule has 100 valence electrons. The van der Waals surface area contributed by atoms with Crippen LogP contribution in [0.1, 0.15) is 11.1 Å². The molecule has 19 heavy (non-hydrogen) atoms. The SMILES string of the molecule is Clc1ccc(COCc2ccc(Cl)c(Cl)c2)cc1Cl. The zero-order valence-electron chi connectivity index (χ0n) is 9.80. The zero-order valence-corrected chi connectivity index (χ0v) is 12.8. The third-order valence-corrected chi connectivity index (χ3v) is 3.98. The Kier molecular flexibility index (Phi) is 5.37. The monoisotopic (exact) mass is 334 g/mol. The first-order chi connectivity index (χ1) is 9.06. The molecule has 0 amide bonds. The maximum atomic E-state index is 5.93. The van der Waals surface area contributed by atoms with Gasteiger partial charge in [0, 0.05) is 0 Å². The van der Waals surface area contributed by atoms with Gasteiger partial charge in [-0.25, -0.2) is 0 Å². The van der Waals surface area contributed by atoms with Crippen LogP contribution in [0.3, 0.4) is 0 Å². The van der Waals surface area contributed by atoms with E-state index in [1.54, 1.807) is 24.3 Å². The van der Waals surface area contributed by atoms with Crippen molar-refractivity contribution in [1.82, 2.24) is 0 Å². The van der Waals surface area contributed by atoms with E-state index in [-0.39, 0.29) is 0 Å². The molecule has 0 aliphatic rings. The third-order valence-electron chi connectivity index (χ3n) is 2.51. The molecule has 0 bridgehead atoms. The average Bonchev–Trinajstić information content (AvgIpc) is 2.38. The van der Waals surface area contributed by atoms with Crippen LogP contribution in [0.25, 0.3) is 0 Å². The minimum Gasteiger partial charge on any atom is -0.372 e. The molecule has 0 heterocycles. The van der Waals surface area contributed by atoms with Gasteiger partial charge in [0.1, 0.15) is 0 Å². The van der Waals surface area contributed by atoms with Crippen molar-refractivity contribution in [3.8, 4) is 0 Å². The van der Waals surface area contributed by atoms with Gasteiger partial charge < -0.3 is 4.74 Å². The van der Waals surface area contributed by atoms with Crippen LogP contribution in [0, 0.1) is 0 Å². The summed E-state index contributed by atoms with van der Waals surface area (Å²) >= 11 is 23.5. The third kappa shape index (κ3) is 4.27. The summed E-state index contributed by atoms with van der Waals surface area (Å²) < 4.78 is 5.59. The molecule has 2 aromatic carbocycles. The highest BCUT2D eigenvalue weighted by Gasteiger charge is 2.02. The zero-order chi connectivity index (χ0) is 13.8. The predicted molar refractivity (Wildman–Crippen MR) is 81.4 cm³/mol. The smallest absolute Gasteiger partial charge is 0.0722 e. The van der Waals surface area contributed by atoms with Gasteiger partial charge in [0.25, 0.3) is 0 Å². The summed E-state index contributed by atoms with van der Waals surface area (Å²) in [4.78, 5) is 0. The number of ether oxygens (including phenoxy) is 1. The van der Waals surface area contributed by atoms with E-state index in [0.29, 0.717) is 33.3 Å². The van der Waals surface area contributed by atoms with E-state index in [1.165, 1.54) is 0 Å². The van der Waals surface area contributed by atoms with Gasteiger partial charge in [-0.1, -0.05) is 58.5 Å². The van der Waals surface area contributed by atoms with E-state index >= 15 is 0 Å². The molecule has 0 aromatic heterocycles. The molecule has 0 aliphatic carbocycles. The van der Waals surface area contributed by atoms with E-state index in [2.05, 4.69) is 0 Å². The van der Waals surface area contributed by atoms with Crippen molar-refractivity contribution in [2.45, 2.75) is 13.2 Å². The van der Waals surface area contributed by atoms with Gasteiger partial charge in [0.2, 0.25) is 0 Å². The van der Waals surface area contributed by atoms with Crippen LogP contribution in [-0.2, 0) is 18.0 Å². The second-order valence-corrected chi connectivity index (χ2v) is 5.62. The van der Waals surface area contributed by atoms with Crippen LogP contribution in [0.15, 0.2) is 36.4 Å². The molecule has 0 radical (unpaired) electrons. The van der Waals surface area contributed by atoms with Crippen LogP contribution in [-0.4, -0.2) is 0 Å². The van der Waals surface area contributed by atoms with Gasteiger partial charge in [-0.2, -0.15) is 0 Å². The standard InChI is InChI=1S/C14H10Cl4O/c15-11-3-1-9(5-13(11)17)7-19-8-10-2-4-12(16)14(18)6-10/h1-6H,7-8H2. The van der Waals surface area contributed by atoms with Crippen LogP contribution < -0.4 is 0 Å². The lowest BCUT2D eigenvalue weighted by molar-refractivity contribution is 0.107.